The lowest BCUT2D eigenvalue weighted by atomic mass is 9.96. The van der Waals surface area contributed by atoms with Crippen LogP contribution < -0.4 is 5.32 Å². The van der Waals surface area contributed by atoms with Gasteiger partial charge in [-0.15, -0.1) is 0 Å². The van der Waals surface area contributed by atoms with Crippen molar-refractivity contribution in [3.05, 3.63) is 11.4 Å². The predicted molar refractivity (Wildman–Crippen MR) is 80.1 cm³/mol. The third-order valence-corrected chi connectivity index (χ3v) is 3.90. The van der Waals surface area contributed by atoms with Crippen molar-refractivity contribution in [3.8, 4) is 0 Å². The minimum absolute atomic E-state index is 0.00961. The maximum absolute atomic E-state index is 12.3. The summed E-state index contributed by atoms with van der Waals surface area (Å²) in [4.78, 5) is 27.5. The molecule has 3 amide bonds. The third-order valence-electron chi connectivity index (χ3n) is 3.90. The van der Waals surface area contributed by atoms with E-state index in [0.29, 0.717) is 25.9 Å². The van der Waals surface area contributed by atoms with Gasteiger partial charge < -0.3 is 15.1 Å². The number of likely N-dealkylation sites (tertiary alicyclic amines) is 1. The van der Waals surface area contributed by atoms with Crippen molar-refractivity contribution in [2.75, 3.05) is 32.5 Å². The first-order valence-corrected chi connectivity index (χ1v) is 7.18. The van der Waals surface area contributed by atoms with Crippen LogP contribution in [0.5, 0.6) is 0 Å². The Balaban J connectivity index is 1.90. The van der Waals surface area contributed by atoms with Crippen LogP contribution >= 0.6 is 0 Å². The lowest BCUT2D eigenvalue weighted by Crippen LogP contribution is -2.45. The molecule has 116 valence electrons. The molecule has 0 aromatic carbocycles. The number of aromatic amines is 1. The van der Waals surface area contributed by atoms with Gasteiger partial charge in [0.1, 0.15) is 0 Å². The molecule has 1 aliphatic rings. The zero-order valence-electron chi connectivity index (χ0n) is 13.1. The van der Waals surface area contributed by atoms with Crippen LogP contribution in [0.25, 0.3) is 0 Å². The normalized spacial score (nSPS) is 15.9. The maximum atomic E-state index is 12.3. The highest BCUT2D eigenvalue weighted by Gasteiger charge is 2.28. The minimum Gasteiger partial charge on any atom is -0.331 e. The molecule has 2 heterocycles. The molecule has 1 aliphatic heterocycles. The summed E-state index contributed by atoms with van der Waals surface area (Å²) < 4.78 is 0. The fourth-order valence-corrected chi connectivity index (χ4v) is 2.58. The Bertz CT molecular complexity index is 510. The number of carbonyl (C=O) groups excluding carboxylic acids is 2. The number of nitrogens with one attached hydrogen (secondary N) is 2. The van der Waals surface area contributed by atoms with Gasteiger partial charge in [-0.25, -0.2) is 4.79 Å². The number of anilines is 1. The number of nitrogens with zero attached hydrogens (tertiary/aromatic N) is 3. The first-order chi connectivity index (χ1) is 9.90. The van der Waals surface area contributed by atoms with Crippen LogP contribution in [0.3, 0.4) is 0 Å². The Labute approximate surface area is 124 Å². The lowest BCUT2D eigenvalue weighted by molar-refractivity contribution is -0.121. The summed E-state index contributed by atoms with van der Waals surface area (Å²) in [6.07, 6.45) is 1.39. The van der Waals surface area contributed by atoms with E-state index < -0.39 is 0 Å². The monoisotopic (exact) mass is 293 g/mol. The van der Waals surface area contributed by atoms with Gasteiger partial charge in [-0.05, 0) is 26.7 Å². The number of rotatable bonds is 2. The van der Waals surface area contributed by atoms with E-state index in [1.807, 2.05) is 13.8 Å². The van der Waals surface area contributed by atoms with Gasteiger partial charge in [0, 0.05) is 33.1 Å². The van der Waals surface area contributed by atoms with Crippen LogP contribution in [0.15, 0.2) is 0 Å². The van der Waals surface area contributed by atoms with E-state index in [4.69, 9.17) is 0 Å². The molecule has 0 atom stereocenters. The number of hydrogen-bond donors (Lipinski definition) is 2. The average molecular weight is 293 g/mol. The Kier molecular flexibility index (Phi) is 4.50. The zero-order chi connectivity index (χ0) is 15.6. The summed E-state index contributed by atoms with van der Waals surface area (Å²) in [5, 5.41) is 9.88. The van der Waals surface area contributed by atoms with Gasteiger partial charge in [0.15, 0.2) is 0 Å². The van der Waals surface area contributed by atoms with Crippen LogP contribution in [-0.2, 0) is 4.79 Å². The van der Waals surface area contributed by atoms with Gasteiger partial charge in [0.25, 0.3) is 0 Å². The van der Waals surface area contributed by atoms with Gasteiger partial charge in [-0.1, -0.05) is 0 Å². The quantitative estimate of drug-likeness (QED) is 0.864. The summed E-state index contributed by atoms with van der Waals surface area (Å²) in [6, 6.07) is 0.00961. The Morgan fingerprint density at radius 3 is 2.38 bits per heavy atom. The Hall–Kier alpha value is -2.05. The van der Waals surface area contributed by atoms with Crippen molar-refractivity contribution in [1.82, 2.24) is 20.0 Å². The SMILES string of the molecule is Cc1n[nH]c(C)c1NC(=O)C1CCN(C(=O)N(C)C)CC1. The highest BCUT2D eigenvalue weighted by atomic mass is 16.2. The molecule has 1 aromatic heterocycles. The molecule has 21 heavy (non-hydrogen) atoms. The highest BCUT2D eigenvalue weighted by molar-refractivity contribution is 5.93. The standard InChI is InChI=1S/C14H23N5O2/c1-9-12(10(2)17-16-9)15-13(20)11-5-7-19(8-6-11)14(21)18(3)4/h11H,5-8H2,1-4H3,(H,15,20)(H,16,17). The second-order valence-electron chi connectivity index (χ2n) is 5.74. The first-order valence-electron chi connectivity index (χ1n) is 7.18. The molecule has 7 nitrogen and oxygen atoms in total. The lowest BCUT2D eigenvalue weighted by Gasteiger charge is -2.33. The molecule has 1 aromatic rings. The van der Waals surface area contributed by atoms with E-state index in [2.05, 4.69) is 15.5 Å². The van der Waals surface area contributed by atoms with Crippen LogP contribution in [0, 0.1) is 19.8 Å². The number of amides is 3. The Morgan fingerprint density at radius 1 is 1.29 bits per heavy atom. The fourth-order valence-electron chi connectivity index (χ4n) is 2.58. The molecule has 0 spiro atoms. The third kappa shape index (κ3) is 3.34. The zero-order valence-corrected chi connectivity index (χ0v) is 13.1. The smallest absolute Gasteiger partial charge is 0.319 e. The summed E-state index contributed by atoms with van der Waals surface area (Å²) in [7, 11) is 3.48. The largest absolute Gasteiger partial charge is 0.331 e. The van der Waals surface area contributed by atoms with E-state index in [1.165, 1.54) is 0 Å². The number of piperidine rings is 1. The predicted octanol–water partition coefficient (Wildman–Crippen LogP) is 1.36. The number of hydrogen-bond acceptors (Lipinski definition) is 3. The molecule has 0 bridgehead atoms. The highest BCUT2D eigenvalue weighted by Crippen LogP contribution is 2.22. The van der Waals surface area contributed by atoms with Gasteiger partial charge in [-0.3, -0.25) is 9.89 Å². The molecule has 2 rings (SSSR count). The summed E-state index contributed by atoms with van der Waals surface area (Å²) >= 11 is 0. The molecule has 1 saturated heterocycles. The van der Waals surface area contributed by atoms with E-state index in [9.17, 15) is 9.59 Å². The molecular weight excluding hydrogens is 270 g/mol. The summed E-state index contributed by atoms with van der Waals surface area (Å²) in [6.45, 7) is 4.99. The van der Waals surface area contributed by atoms with E-state index in [0.717, 1.165) is 17.1 Å². The van der Waals surface area contributed by atoms with Crippen molar-refractivity contribution in [1.29, 1.82) is 0 Å². The Morgan fingerprint density at radius 2 is 1.90 bits per heavy atom. The molecule has 2 N–H and O–H groups in total. The van der Waals surface area contributed by atoms with Crippen molar-refractivity contribution < 1.29 is 9.59 Å². The maximum Gasteiger partial charge on any atom is 0.319 e. The van der Waals surface area contributed by atoms with E-state index in [-0.39, 0.29) is 17.9 Å². The molecule has 7 heteroatoms. The summed E-state index contributed by atoms with van der Waals surface area (Å²) in [5.74, 6) is -0.0375. The van der Waals surface area contributed by atoms with E-state index in [1.54, 1.807) is 23.9 Å². The molecule has 0 aliphatic carbocycles. The van der Waals surface area contributed by atoms with Crippen molar-refractivity contribution >= 4 is 17.6 Å². The van der Waals surface area contributed by atoms with Crippen molar-refractivity contribution in [2.24, 2.45) is 5.92 Å². The van der Waals surface area contributed by atoms with Crippen LogP contribution in [0.2, 0.25) is 0 Å². The number of carbonyl (C=O) groups is 2. The van der Waals surface area contributed by atoms with Crippen LogP contribution in [0.1, 0.15) is 24.2 Å². The number of H-pyrrole nitrogens is 1. The fraction of sp³-hybridized carbons (Fsp3) is 0.643. The second kappa shape index (κ2) is 6.15. The van der Waals surface area contributed by atoms with Gasteiger partial charge in [-0.2, -0.15) is 5.10 Å². The van der Waals surface area contributed by atoms with E-state index >= 15 is 0 Å². The first kappa shape index (κ1) is 15.3. The number of urea groups is 1. The van der Waals surface area contributed by atoms with Crippen LogP contribution in [-0.4, -0.2) is 59.1 Å². The second-order valence-corrected chi connectivity index (χ2v) is 5.74. The number of aromatic nitrogens is 2. The minimum atomic E-state index is -0.0510. The van der Waals surface area contributed by atoms with Gasteiger partial charge >= 0.3 is 6.03 Å². The molecule has 1 fully saturated rings. The molecule has 0 unspecified atom stereocenters. The topological polar surface area (TPSA) is 81.3 Å². The van der Waals surface area contributed by atoms with Gasteiger partial charge in [0.2, 0.25) is 5.91 Å². The van der Waals surface area contributed by atoms with Crippen LogP contribution in [0.4, 0.5) is 10.5 Å². The summed E-state index contributed by atoms with van der Waals surface area (Å²) in [5.41, 5.74) is 2.42. The number of aryl methyl sites for hydroxylation is 2. The van der Waals surface area contributed by atoms with Crippen molar-refractivity contribution in [2.45, 2.75) is 26.7 Å². The molecule has 0 radical (unpaired) electrons. The average Bonchev–Trinajstić information content (AvgIpc) is 2.78. The van der Waals surface area contributed by atoms with Crippen molar-refractivity contribution in [3.63, 3.8) is 0 Å². The van der Waals surface area contributed by atoms with Gasteiger partial charge in [0.05, 0.1) is 17.1 Å². The molecule has 0 saturated carbocycles. The molecular formula is C14H23N5O2.